The Hall–Kier alpha value is -2.63. The molecular formula is C22H17BrClN3O. The normalized spacial score (nSPS) is 10.9. The van der Waals surface area contributed by atoms with E-state index in [0.717, 1.165) is 26.9 Å². The first kappa shape index (κ1) is 18.7. The van der Waals surface area contributed by atoms with Crippen molar-refractivity contribution in [2.24, 2.45) is 0 Å². The predicted octanol–water partition coefficient (Wildman–Crippen LogP) is 5.43. The molecular weight excluding hydrogens is 438 g/mol. The second kappa shape index (κ2) is 8.17. The first-order chi connectivity index (χ1) is 13.6. The molecule has 4 aromatic rings. The molecule has 6 heteroatoms. The zero-order valence-corrected chi connectivity index (χ0v) is 17.2. The lowest BCUT2D eigenvalue weighted by atomic mass is 10.2. The summed E-state index contributed by atoms with van der Waals surface area (Å²) < 4.78 is 3.16. The molecule has 28 heavy (non-hydrogen) atoms. The van der Waals surface area contributed by atoms with Gasteiger partial charge in [0.15, 0.2) is 0 Å². The Morgan fingerprint density at radius 1 is 1.04 bits per heavy atom. The minimum atomic E-state index is -0.216. The summed E-state index contributed by atoms with van der Waals surface area (Å²) >= 11 is 9.65. The zero-order chi connectivity index (χ0) is 19.5. The number of hydrogen-bond acceptors (Lipinski definition) is 2. The van der Waals surface area contributed by atoms with Crippen LogP contribution in [0, 0.1) is 0 Å². The van der Waals surface area contributed by atoms with Crippen LogP contribution in [0.3, 0.4) is 0 Å². The zero-order valence-electron chi connectivity index (χ0n) is 14.9. The van der Waals surface area contributed by atoms with Crippen LogP contribution in [0.1, 0.15) is 21.7 Å². The number of nitrogens with one attached hydrogen (secondary N) is 1. The van der Waals surface area contributed by atoms with Gasteiger partial charge < -0.3 is 9.88 Å². The molecule has 4 rings (SSSR count). The maximum absolute atomic E-state index is 12.5. The third-order valence-corrected chi connectivity index (χ3v) is 5.31. The number of nitrogens with zero attached hydrogens (tertiary/aromatic N) is 2. The minimum Gasteiger partial charge on any atom is -0.345 e. The SMILES string of the molecule is O=C(NCc1nc2ccccc2n1Cc1cccc(Br)c1)c1ccccc1Cl. The highest BCUT2D eigenvalue weighted by Crippen LogP contribution is 2.20. The number of hydrogen-bond donors (Lipinski definition) is 1. The number of para-hydroxylation sites is 2. The number of amides is 1. The van der Waals surface area contributed by atoms with Crippen LogP contribution in [0.25, 0.3) is 11.0 Å². The molecule has 1 heterocycles. The second-order valence-corrected chi connectivity index (χ2v) is 7.72. The van der Waals surface area contributed by atoms with E-state index in [1.807, 2.05) is 36.4 Å². The van der Waals surface area contributed by atoms with E-state index in [-0.39, 0.29) is 5.91 Å². The predicted molar refractivity (Wildman–Crippen MR) is 116 cm³/mol. The number of aromatic nitrogens is 2. The van der Waals surface area contributed by atoms with Crippen LogP contribution in [0.15, 0.2) is 77.3 Å². The van der Waals surface area contributed by atoms with E-state index in [1.165, 1.54) is 0 Å². The first-order valence-electron chi connectivity index (χ1n) is 8.83. The van der Waals surface area contributed by atoms with Gasteiger partial charge in [0.25, 0.3) is 5.91 Å². The van der Waals surface area contributed by atoms with Gasteiger partial charge in [0.2, 0.25) is 0 Å². The van der Waals surface area contributed by atoms with E-state index in [4.69, 9.17) is 16.6 Å². The molecule has 0 fully saturated rings. The number of rotatable bonds is 5. The summed E-state index contributed by atoms with van der Waals surface area (Å²) in [5.41, 5.74) is 3.54. The lowest BCUT2D eigenvalue weighted by Gasteiger charge is -2.11. The van der Waals surface area contributed by atoms with Crippen LogP contribution in [0.2, 0.25) is 5.02 Å². The third-order valence-electron chi connectivity index (χ3n) is 4.49. The van der Waals surface area contributed by atoms with Crippen LogP contribution in [0.5, 0.6) is 0 Å². The summed E-state index contributed by atoms with van der Waals surface area (Å²) in [6.07, 6.45) is 0. The number of imidazole rings is 1. The molecule has 0 spiro atoms. The van der Waals surface area contributed by atoms with Gasteiger partial charge in [-0.05, 0) is 42.0 Å². The summed E-state index contributed by atoms with van der Waals surface area (Å²) in [6.45, 7) is 0.976. The van der Waals surface area contributed by atoms with Crippen molar-refractivity contribution in [1.29, 1.82) is 0 Å². The smallest absolute Gasteiger partial charge is 0.253 e. The largest absolute Gasteiger partial charge is 0.345 e. The van der Waals surface area contributed by atoms with Gasteiger partial charge in [-0.15, -0.1) is 0 Å². The molecule has 0 aliphatic heterocycles. The Labute approximate surface area is 176 Å². The first-order valence-corrected chi connectivity index (χ1v) is 10.0. The van der Waals surface area contributed by atoms with Crippen molar-refractivity contribution in [3.05, 3.63) is 99.2 Å². The molecule has 0 unspecified atom stereocenters. The van der Waals surface area contributed by atoms with E-state index in [2.05, 4.69) is 37.9 Å². The molecule has 0 saturated heterocycles. The Morgan fingerprint density at radius 3 is 2.64 bits per heavy atom. The highest BCUT2D eigenvalue weighted by atomic mass is 79.9. The van der Waals surface area contributed by atoms with Gasteiger partial charge in [-0.3, -0.25) is 4.79 Å². The lowest BCUT2D eigenvalue weighted by Crippen LogP contribution is -2.25. The number of fused-ring (bicyclic) bond motifs is 1. The molecule has 3 aromatic carbocycles. The van der Waals surface area contributed by atoms with Crippen LogP contribution >= 0.6 is 27.5 Å². The molecule has 1 amide bonds. The van der Waals surface area contributed by atoms with Crippen molar-refractivity contribution < 1.29 is 4.79 Å². The molecule has 0 atom stereocenters. The Morgan fingerprint density at radius 2 is 1.82 bits per heavy atom. The van der Waals surface area contributed by atoms with Crippen molar-refractivity contribution in [1.82, 2.24) is 14.9 Å². The third kappa shape index (κ3) is 3.96. The van der Waals surface area contributed by atoms with Gasteiger partial charge in [0.1, 0.15) is 5.82 Å². The lowest BCUT2D eigenvalue weighted by molar-refractivity contribution is 0.0949. The highest BCUT2D eigenvalue weighted by Gasteiger charge is 2.14. The summed E-state index contributed by atoms with van der Waals surface area (Å²) in [5.74, 6) is 0.577. The standard InChI is InChI=1S/C22H17BrClN3O/c23-16-7-5-6-15(12-16)14-27-20-11-4-3-10-19(20)26-21(27)13-25-22(28)17-8-1-2-9-18(17)24/h1-12H,13-14H2,(H,25,28). The number of halogens is 2. The van der Waals surface area contributed by atoms with Crippen molar-refractivity contribution in [3.8, 4) is 0 Å². The molecule has 0 bridgehead atoms. The Bertz CT molecular complexity index is 1160. The molecule has 1 aromatic heterocycles. The summed E-state index contributed by atoms with van der Waals surface area (Å²) in [5, 5.41) is 3.37. The van der Waals surface area contributed by atoms with E-state index in [9.17, 15) is 4.79 Å². The monoisotopic (exact) mass is 453 g/mol. The van der Waals surface area contributed by atoms with Crippen molar-refractivity contribution in [2.45, 2.75) is 13.1 Å². The molecule has 0 radical (unpaired) electrons. The molecule has 0 saturated carbocycles. The average Bonchev–Trinajstić information content (AvgIpc) is 3.04. The Balaban J connectivity index is 1.63. The maximum atomic E-state index is 12.5. The van der Waals surface area contributed by atoms with Crippen molar-refractivity contribution in [2.75, 3.05) is 0 Å². The van der Waals surface area contributed by atoms with Gasteiger partial charge >= 0.3 is 0 Å². The number of carbonyl (C=O) groups is 1. The number of benzene rings is 3. The maximum Gasteiger partial charge on any atom is 0.253 e. The van der Waals surface area contributed by atoms with Crippen molar-refractivity contribution in [3.63, 3.8) is 0 Å². The molecule has 140 valence electrons. The summed E-state index contributed by atoms with van der Waals surface area (Å²) in [4.78, 5) is 17.3. The van der Waals surface area contributed by atoms with E-state index >= 15 is 0 Å². The topological polar surface area (TPSA) is 46.9 Å². The van der Waals surface area contributed by atoms with Crippen molar-refractivity contribution >= 4 is 44.5 Å². The highest BCUT2D eigenvalue weighted by molar-refractivity contribution is 9.10. The summed E-state index contributed by atoms with van der Waals surface area (Å²) in [7, 11) is 0. The van der Waals surface area contributed by atoms with E-state index in [0.29, 0.717) is 23.7 Å². The molecule has 4 nitrogen and oxygen atoms in total. The van der Waals surface area contributed by atoms with Gasteiger partial charge in [0, 0.05) is 11.0 Å². The molecule has 0 aliphatic rings. The molecule has 0 aliphatic carbocycles. The fourth-order valence-corrected chi connectivity index (χ4v) is 3.82. The van der Waals surface area contributed by atoms with Crippen LogP contribution in [-0.4, -0.2) is 15.5 Å². The Kier molecular flexibility index (Phi) is 5.46. The van der Waals surface area contributed by atoms with Crippen LogP contribution in [-0.2, 0) is 13.1 Å². The fraction of sp³-hybridized carbons (Fsp3) is 0.0909. The van der Waals surface area contributed by atoms with E-state index in [1.54, 1.807) is 24.3 Å². The van der Waals surface area contributed by atoms with Gasteiger partial charge in [-0.2, -0.15) is 0 Å². The second-order valence-electron chi connectivity index (χ2n) is 6.40. The number of carbonyl (C=O) groups excluding carboxylic acids is 1. The van der Waals surface area contributed by atoms with E-state index < -0.39 is 0 Å². The van der Waals surface area contributed by atoms with Crippen LogP contribution in [0.4, 0.5) is 0 Å². The quantitative estimate of drug-likeness (QED) is 0.437. The van der Waals surface area contributed by atoms with Gasteiger partial charge in [0.05, 0.1) is 28.2 Å². The summed E-state index contributed by atoms with van der Waals surface area (Å²) in [6, 6.07) is 23.2. The molecule has 1 N–H and O–H groups in total. The van der Waals surface area contributed by atoms with Gasteiger partial charge in [-0.25, -0.2) is 4.98 Å². The van der Waals surface area contributed by atoms with Crippen LogP contribution < -0.4 is 5.32 Å². The fourth-order valence-electron chi connectivity index (χ4n) is 3.15. The average molecular weight is 455 g/mol. The van der Waals surface area contributed by atoms with Gasteiger partial charge in [-0.1, -0.05) is 63.9 Å². The minimum absolute atomic E-state index is 0.216.